The summed E-state index contributed by atoms with van der Waals surface area (Å²) in [5.74, 6) is 4.38. The van der Waals surface area contributed by atoms with Gasteiger partial charge in [0, 0.05) is 25.0 Å². The summed E-state index contributed by atoms with van der Waals surface area (Å²) in [6.45, 7) is 0. The lowest BCUT2D eigenvalue weighted by molar-refractivity contribution is 0.506. The fraction of sp³-hybridized carbons (Fsp3) is 0.353. The topological polar surface area (TPSA) is 43.6 Å². The zero-order valence-electron chi connectivity index (χ0n) is 12.4. The van der Waals surface area contributed by atoms with Gasteiger partial charge >= 0.3 is 0 Å². The first-order chi connectivity index (χ1) is 10.9. The maximum Gasteiger partial charge on any atom is 0.164 e. The van der Waals surface area contributed by atoms with Gasteiger partial charge in [0.05, 0.1) is 5.69 Å². The molecule has 1 aliphatic rings. The maximum absolute atomic E-state index is 4.85. The molecule has 4 heterocycles. The van der Waals surface area contributed by atoms with Crippen LogP contribution in [0.4, 0.5) is 0 Å². The molecule has 3 aromatic heterocycles. The number of aromatic nitrogens is 4. The Balaban J connectivity index is 1.79. The van der Waals surface area contributed by atoms with Gasteiger partial charge in [0.2, 0.25) is 0 Å². The second kappa shape index (κ2) is 6.08. The summed E-state index contributed by atoms with van der Waals surface area (Å²) in [4.78, 5) is 13.5. The Morgan fingerprint density at radius 3 is 2.91 bits per heavy atom. The molecule has 1 saturated heterocycles. The van der Waals surface area contributed by atoms with Crippen molar-refractivity contribution >= 4 is 22.9 Å². The van der Waals surface area contributed by atoms with Crippen LogP contribution in [-0.2, 0) is 6.42 Å². The average molecular weight is 310 g/mol. The van der Waals surface area contributed by atoms with Crippen LogP contribution in [0.1, 0.15) is 18.7 Å². The molecule has 0 bridgehead atoms. The van der Waals surface area contributed by atoms with Crippen molar-refractivity contribution in [2.24, 2.45) is 5.92 Å². The minimum atomic E-state index is 0.719. The molecule has 1 fully saturated rings. The molecule has 3 aromatic rings. The fourth-order valence-electron chi connectivity index (χ4n) is 3.09. The van der Waals surface area contributed by atoms with Crippen LogP contribution in [0.3, 0.4) is 0 Å². The molecule has 4 nitrogen and oxygen atoms in total. The quantitative estimate of drug-likeness (QED) is 0.742. The van der Waals surface area contributed by atoms with Crippen molar-refractivity contribution in [2.45, 2.75) is 19.3 Å². The van der Waals surface area contributed by atoms with E-state index in [1.165, 1.54) is 24.3 Å². The predicted octanol–water partition coefficient (Wildman–Crippen LogP) is 3.50. The number of imidazole rings is 1. The first kappa shape index (κ1) is 13.8. The monoisotopic (exact) mass is 310 g/mol. The van der Waals surface area contributed by atoms with Crippen LogP contribution in [-0.4, -0.2) is 31.0 Å². The standard InChI is InChI=1S/C17H18N4S/c1-4-15-17(19-7-1)21(14-5-8-18-9-6-14)16(20-15)11-13-3-2-10-22-12-13/h1,4-9,13H,2-3,10-12H2. The predicted molar refractivity (Wildman–Crippen MR) is 90.4 cm³/mol. The second-order valence-corrected chi connectivity index (χ2v) is 6.85. The summed E-state index contributed by atoms with van der Waals surface area (Å²) in [7, 11) is 0. The van der Waals surface area contributed by atoms with Crippen molar-refractivity contribution in [3.63, 3.8) is 0 Å². The van der Waals surface area contributed by atoms with Crippen LogP contribution in [0.25, 0.3) is 16.9 Å². The summed E-state index contributed by atoms with van der Waals surface area (Å²) >= 11 is 2.07. The zero-order valence-corrected chi connectivity index (χ0v) is 13.2. The molecule has 0 amide bonds. The van der Waals surface area contributed by atoms with Crippen molar-refractivity contribution < 1.29 is 0 Å². The first-order valence-corrected chi connectivity index (χ1v) is 8.88. The van der Waals surface area contributed by atoms with Gasteiger partial charge < -0.3 is 0 Å². The van der Waals surface area contributed by atoms with Crippen LogP contribution >= 0.6 is 11.8 Å². The summed E-state index contributed by atoms with van der Waals surface area (Å²) in [6.07, 6.45) is 9.13. The third-order valence-electron chi connectivity index (χ3n) is 4.13. The number of nitrogens with zero attached hydrogens (tertiary/aromatic N) is 4. The Labute approximate surface area is 134 Å². The molecule has 4 rings (SSSR count). The molecule has 0 aromatic carbocycles. The molecule has 22 heavy (non-hydrogen) atoms. The SMILES string of the molecule is c1cnc2c(c1)nc(CC1CCCSC1)n2-c1ccncc1. The summed E-state index contributed by atoms with van der Waals surface area (Å²) in [6, 6.07) is 8.04. The van der Waals surface area contributed by atoms with Gasteiger partial charge in [-0.2, -0.15) is 11.8 Å². The van der Waals surface area contributed by atoms with E-state index in [4.69, 9.17) is 4.98 Å². The van der Waals surface area contributed by atoms with Crippen LogP contribution < -0.4 is 0 Å². The Bertz CT molecular complexity index is 763. The minimum absolute atomic E-state index is 0.719. The fourth-order valence-corrected chi connectivity index (χ4v) is 4.24. The number of rotatable bonds is 3. The van der Waals surface area contributed by atoms with E-state index in [1.807, 2.05) is 42.9 Å². The molecule has 0 spiro atoms. The van der Waals surface area contributed by atoms with E-state index in [0.29, 0.717) is 0 Å². The molecular formula is C17H18N4S. The van der Waals surface area contributed by atoms with Gasteiger partial charge in [0.1, 0.15) is 11.3 Å². The zero-order chi connectivity index (χ0) is 14.8. The summed E-state index contributed by atoms with van der Waals surface area (Å²) in [5, 5.41) is 0. The van der Waals surface area contributed by atoms with Crippen LogP contribution in [0.5, 0.6) is 0 Å². The van der Waals surface area contributed by atoms with Gasteiger partial charge in [0.15, 0.2) is 5.65 Å². The number of hydrogen-bond acceptors (Lipinski definition) is 4. The van der Waals surface area contributed by atoms with Crippen molar-refractivity contribution in [2.75, 3.05) is 11.5 Å². The highest BCUT2D eigenvalue weighted by Gasteiger charge is 2.20. The van der Waals surface area contributed by atoms with E-state index in [-0.39, 0.29) is 0 Å². The van der Waals surface area contributed by atoms with Gasteiger partial charge in [-0.25, -0.2) is 9.97 Å². The number of thioether (sulfide) groups is 1. The van der Waals surface area contributed by atoms with E-state index in [9.17, 15) is 0 Å². The lowest BCUT2D eigenvalue weighted by Crippen LogP contribution is -2.16. The van der Waals surface area contributed by atoms with Gasteiger partial charge in [-0.1, -0.05) is 0 Å². The van der Waals surface area contributed by atoms with Crippen molar-refractivity contribution in [3.8, 4) is 5.69 Å². The normalized spacial score (nSPS) is 18.6. The van der Waals surface area contributed by atoms with Crippen LogP contribution in [0.15, 0.2) is 42.9 Å². The third-order valence-corrected chi connectivity index (χ3v) is 5.42. The highest BCUT2D eigenvalue weighted by Crippen LogP contribution is 2.28. The van der Waals surface area contributed by atoms with Gasteiger partial charge in [0.25, 0.3) is 0 Å². The maximum atomic E-state index is 4.85. The Kier molecular flexibility index (Phi) is 3.81. The second-order valence-electron chi connectivity index (χ2n) is 5.70. The molecule has 5 heteroatoms. The molecule has 0 saturated carbocycles. The summed E-state index contributed by atoms with van der Waals surface area (Å²) in [5.41, 5.74) is 3.00. The molecule has 112 valence electrons. The van der Waals surface area contributed by atoms with E-state index in [1.54, 1.807) is 0 Å². The summed E-state index contributed by atoms with van der Waals surface area (Å²) < 4.78 is 2.19. The van der Waals surface area contributed by atoms with E-state index in [0.717, 1.165) is 35.0 Å². The lowest BCUT2D eigenvalue weighted by atomic mass is 10.0. The van der Waals surface area contributed by atoms with Crippen LogP contribution in [0, 0.1) is 5.92 Å². The lowest BCUT2D eigenvalue weighted by Gasteiger charge is -2.21. The molecule has 1 unspecified atom stereocenters. The Morgan fingerprint density at radius 2 is 2.09 bits per heavy atom. The molecule has 0 N–H and O–H groups in total. The molecule has 1 aliphatic heterocycles. The smallest absolute Gasteiger partial charge is 0.164 e. The number of fused-ring (bicyclic) bond motifs is 1. The van der Waals surface area contributed by atoms with Crippen molar-refractivity contribution in [1.82, 2.24) is 19.5 Å². The Morgan fingerprint density at radius 1 is 1.18 bits per heavy atom. The van der Waals surface area contributed by atoms with Gasteiger partial charge in [-0.3, -0.25) is 9.55 Å². The Hall–Kier alpha value is -1.88. The van der Waals surface area contributed by atoms with Crippen molar-refractivity contribution in [3.05, 3.63) is 48.7 Å². The molecule has 1 atom stereocenters. The highest BCUT2D eigenvalue weighted by molar-refractivity contribution is 7.99. The van der Waals surface area contributed by atoms with Crippen LogP contribution in [0.2, 0.25) is 0 Å². The molecular weight excluding hydrogens is 292 g/mol. The van der Waals surface area contributed by atoms with Gasteiger partial charge in [-0.05, 0) is 54.5 Å². The highest BCUT2D eigenvalue weighted by atomic mass is 32.2. The minimum Gasteiger partial charge on any atom is -0.281 e. The molecule has 0 radical (unpaired) electrons. The number of pyridine rings is 2. The third kappa shape index (κ3) is 2.61. The number of hydrogen-bond donors (Lipinski definition) is 0. The largest absolute Gasteiger partial charge is 0.281 e. The van der Waals surface area contributed by atoms with E-state index in [2.05, 4.69) is 26.3 Å². The van der Waals surface area contributed by atoms with Crippen molar-refractivity contribution in [1.29, 1.82) is 0 Å². The van der Waals surface area contributed by atoms with E-state index >= 15 is 0 Å². The first-order valence-electron chi connectivity index (χ1n) is 7.72. The van der Waals surface area contributed by atoms with Gasteiger partial charge in [-0.15, -0.1) is 0 Å². The van der Waals surface area contributed by atoms with E-state index < -0.39 is 0 Å². The molecule has 0 aliphatic carbocycles. The average Bonchev–Trinajstić information content (AvgIpc) is 2.94.